The van der Waals surface area contributed by atoms with Crippen LogP contribution in [0.15, 0.2) is 23.2 Å². The SMILES string of the molecule is CCCCN(C)C(=NC)NCc1ccc(OCCC)c(OC)c1.I. The number of rotatable bonds is 9. The molecule has 0 aliphatic rings. The molecule has 0 radical (unpaired) electrons. The molecule has 0 atom stereocenters. The number of halogens is 1. The zero-order valence-electron chi connectivity index (χ0n) is 15.6. The lowest BCUT2D eigenvalue weighted by molar-refractivity contribution is 0.294. The van der Waals surface area contributed by atoms with Crippen LogP contribution in [0.3, 0.4) is 0 Å². The summed E-state index contributed by atoms with van der Waals surface area (Å²) < 4.78 is 11.1. The van der Waals surface area contributed by atoms with Crippen LogP contribution in [-0.2, 0) is 6.54 Å². The van der Waals surface area contributed by atoms with Gasteiger partial charge in [0, 0.05) is 27.2 Å². The monoisotopic (exact) mass is 449 g/mol. The predicted molar refractivity (Wildman–Crippen MR) is 112 cm³/mol. The minimum absolute atomic E-state index is 0. The molecule has 1 rings (SSSR count). The Balaban J connectivity index is 0.00000529. The number of aliphatic imine (C=N–C) groups is 1. The minimum Gasteiger partial charge on any atom is -0.493 e. The van der Waals surface area contributed by atoms with Crippen LogP contribution in [0.1, 0.15) is 38.7 Å². The molecule has 1 aromatic rings. The number of nitrogens with zero attached hydrogens (tertiary/aromatic N) is 2. The number of nitrogens with one attached hydrogen (secondary N) is 1. The number of benzene rings is 1. The zero-order valence-corrected chi connectivity index (χ0v) is 17.9. The Morgan fingerprint density at radius 1 is 1.21 bits per heavy atom. The first-order chi connectivity index (χ1) is 11.2. The van der Waals surface area contributed by atoms with E-state index < -0.39 is 0 Å². The molecule has 0 saturated carbocycles. The smallest absolute Gasteiger partial charge is 0.193 e. The molecule has 0 heterocycles. The minimum atomic E-state index is 0. The first-order valence-electron chi connectivity index (χ1n) is 8.37. The first-order valence-corrected chi connectivity index (χ1v) is 8.37. The van der Waals surface area contributed by atoms with Crippen molar-refractivity contribution >= 4 is 29.9 Å². The van der Waals surface area contributed by atoms with Gasteiger partial charge in [0.05, 0.1) is 13.7 Å². The molecular weight excluding hydrogens is 417 g/mol. The molecule has 0 bridgehead atoms. The summed E-state index contributed by atoms with van der Waals surface area (Å²) in [5, 5.41) is 3.39. The molecule has 0 amide bonds. The molecule has 0 unspecified atom stereocenters. The topological polar surface area (TPSA) is 46.1 Å². The van der Waals surface area contributed by atoms with E-state index in [1.165, 1.54) is 6.42 Å². The van der Waals surface area contributed by atoms with Gasteiger partial charge in [0.25, 0.3) is 0 Å². The molecule has 24 heavy (non-hydrogen) atoms. The fourth-order valence-corrected chi connectivity index (χ4v) is 2.22. The third-order valence-corrected chi connectivity index (χ3v) is 3.56. The number of unbranched alkanes of at least 4 members (excludes halogenated alkanes) is 1. The Bertz CT molecular complexity index is 495. The molecule has 5 nitrogen and oxygen atoms in total. The highest BCUT2D eigenvalue weighted by molar-refractivity contribution is 14.0. The van der Waals surface area contributed by atoms with Gasteiger partial charge in [-0.1, -0.05) is 26.3 Å². The third kappa shape index (κ3) is 7.59. The average molecular weight is 449 g/mol. The lowest BCUT2D eigenvalue weighted by Gasteiger charge is -2.22. The Morgan fingerprint density at radius 2 is 1.96 bits per heavy atom. The van der Waals surface area contributed by atoms with E-state index in [2.05, 4.69) is 42.2 Å². The summed E-state index contributed by atoms with van der Waals surface area (Å²) in [6, 6.07) is 6.03. The summed E-state index contributed by atoms with van der Waals surface area (Å²) in [4.78, 5) is 6.48. The normalized spacial score (nSPS) is 10.8. The van der Waals surface area contributed by atoms with Crippen molar-refractivity contribution in [2.45, 2.75) is 39.7 Å². The van der Waals surface area contributed by atoms with E-state index in [1.54, 1.807) is 7.11 Å². The maximum Gasteiger partial charge on any atom is 0.193 e. The largest absolute Gasteiger partial charge is 0.493 e. The van der Waals surface area contributed by atoms with Crippen LogP contribution in [0.25, 0.3) is 0 Å². The van der Waals surface area contributed by atoms with Crippen molar-refractivity contribution in [3.05, 3.63) is 23.8 Å². The van der Waals surface area contributed by atoms with E-state index in [0.717, 1.165) is 42.4 Å². The van der Waals surface area contributed by atoms with E-state index in [9.17, 15) is 0 Å². The van der Waals surface area contributed by atoms with Gasteiger partial charge in [0.2, 0.25) is 0 Å². The molecule has 0 aromatic heterocycles. The van der Waals surface area contributed by atoms with Gasteiger partial charge < -0.3 is 19.7 Å². The van der Waals surface area contributed by atoms with Gasteiger partial charge in [-0.25, -0.2) is 0 Å². The van der Waals surface area contributed by atoms with Crippen LogP contribution >= 0.6 is 24.0 Å². The lowest BCUT2D eigenvalue weighted by atomic mass is 10.2. The van der Waals surface area contributed by atoms with Gasteiger partial charge in [0.1, 0.15) is 0 Å². The van der Waals surface area contributed by atoms with Crippen LogP contribution in [0.5, 0.6) is 11.5 Å². The second-order valence-electron chi connectivity index (χ2n) is 5.51. The van der Waals surface area contributed by atoms with Crippen LogP contribution in [0.2, 0.25) is 0 Å². The molecule has 138 valence electrons. The Kier molecular flexibility index (Phi) is 12.5. The predicted octanol–water partition coefficient (Wildman–Crippen LogP) is 3.91. The highest BCUT2D eigenvalue weighted by Gasteiger charge is 2.08. The highest BCUT2D eigenvalue weighted by Crippen LogP contribution is 2.28. The molecule has 6 heteroatoms. The number of methoxy groups -OCH3 is 1. The molecular formula is C18H32IN3O2. The maximum absolute atomic E-state index is 5.68. The van der Waals surface area contributed by atoms with Gasteiger partial charge in [-0.3, -0.25) is 4.99 Å². The summed E-state index contributed by atoms with van der Waals surface area (Å²) in [5.74, 6) is 2.47. The van der Waals surface area contributed by atoms with Crippen LogP contribution in [0, 0.1) is 0 Å². The fraction of sp³-hybridized carbons (Fsp3) is 0.611. The van der Waals surface area contributed by atoms with Crippen molar-refractivity contribution in [1.29, 1.82) is 0 Å². The Morgan fingerprint density at radius 3 is 2.54 bits per heavy atom. The third-order valence-electron chi connectivity index (χ3n) is 3.56. The van der Waals surface area contributed by atoms with E-state index in [1.807, 2.05) is 19.2 Å². The molecule has 0 fully saturated rings. The van der Waals surface area contributed by atoms with E-state index in [4.69, 9.17) is 9.47 Å². The van der Waals surface area contributed by atoms with Crippen molar-refractivity contribution in [2.24, 2.45) is 4.99 Å². The second kappa shape index (κ2) is 13.1. The molecule has 1 N–H and O–H groups in total. The standard InChI is InChI=1S/C18H31N3O2.HI/c1-6-8-11-21(4)18(19-3)20-14-15-9-10-16(23-12-7-2)17(13-15)22-5;/h9-10,13H,6-8,11-12,14H2,1-5H3,(H,19,20);1H. The summed E-state index contributed by atoms with van der Waals surface area (Å²) in [5.41, 5.74) is 1.13. The molecule has 0 spiro atoms. The van der Waals surface area contributed by atoms with Crippen molar-refractivity contribution < 1.29 is 9.47 Å². The highest BCUT2D eigenvalue weighted by atomic mass is 127. The number of ether oxygens (including phenoxy) is 2. The summed E-state index contributed by atoms with van der Waals surface area (Å²) >= 11 is 0. The van der Waals surface area contributed by atoms with Crippen LogP contribution in [-0.4, -0.2) is 45.2 Å². The van der Waals surface area contributed by atoms with E-state index in [0.29, 0.717) is 13.2 Å². The average Bonchev–Trinajstić information content (AvgIpc) is 2.58. The fourth-order valence-electron chi connectivity index (χ4n) is 2.22. The van der Waals surface area contributed by atoms with Gasteiger partial charge in [-0.05, 0) is 30.5 Å². The zero-order chi connectivity index (χ0) is 17.1. The van der Waals surface area contributed by atoms with Crippen LogP contribution < -0.4 is 14.8 Å². The van der Waals surface area contributed by atoms with Crippen molar-refractivity contribution in [3.8, 4) is 11.5 Å². The Hall–Kier alpha value is -1.18. The number of hydrogen-bond acceptors (Lipinski definition) is 3. The molecule has 0 saturated heterocycles. The maximum atomic E-state index is 5.68. The molecule has 0 aliphatic heterocycles. The number of hydrogen-bond donors (Lipinski definition) is 1. The van der Waals surface area contributed by atoms with Crippen molar-refractivity contribution in [3.63, 3.8) is 0 Å². The quantitative estimate of drug-likeness (QED) is 0.353. The van der Waals surface area contributed by atoms with Gasteiger partial charge in [0.15, 0.2) is 17.5 Å². The number of guanidine groups is 1. The van der Waals surface area contributed by atoms with Crippen LogP contribution in [0.4, 0.5) is 0 Å². The summed E-state index contributed by atoms with van der Waals surface area (Å²) in [7, 11) is 5.54. The molecule has 0 aliphatic carbocycles. The lowest BCUT2D eigenvalue weighted by Crippen LogP contribution is -2.38. The van der Waals surface area contributed by atoms with Crippen molar-refractivity contribution in [2.75, 3.05) is 34.4 Å². The van der Waals surface area contributed by atoms with Gasteiger partial charge >= 0.3 is 0 Å². The van der Waals surface area contributed by atoms with Gasteiger partial charge in [-0.2, -0.15) is 0 Å². The van der Waals surface area contributed by atoms with Gasteiger partial charge in [-0.15, -0.1) is 24.0 Å². The first kappa shape index (κ1) is 22.8. The Labute approximate surface area is 163 Å². The summed E-state index contributed by atoms with van der Waals surface area (Å²) in [6.07, 6.45) is 3.32. The van der Waals surface area contributed by atoms with E-state index >= 15 is 0 Å². The van der Waals surface area contributed by atoms with E-state index in [-0.39, 0.29) is 24.0 Å². The summed E-state index contributed by atoms with van der Waals surface area (Å²) in [6.45, 7) is 6.68. The van der Waals surface area contributed by atoms with Crippen molar-refractivity contribution in [1.82, 2.24) is 10.2 Å². The second-order valence-corrected chi connectivity index (χ2v) is 5.51. The molecule has 1 aromatic carbocycles.